The van der Waals surface area contributed by atoms with E-state index >= 15 is 0 Å². The maximum atomic E-state index is 12.4. The molecule has 28 heavy (non-hydrogen) atoms. The minimum absolute atomic E-state index is 0.0222. The summed E-state index contributed by atoms with van der Waals surface area (Å²) in [5.74, 6) is -0.985. The third kappa shape index (κ3) is 4.76. The van der Waals surface area contributed by atoms with Crippen molar-refractivity contribution < 1.29 is 19.1 Å². The van der Waals surface area contributed by atoms with Crippen LogP contribution in [0.15, 0.2) is 48.5 Å². The van der Waals surface area contributed by atoms with Gasteiger partial charge in [-0.3, -0.25) is 14.4 Å². The van der Waals surface area contributed by atoms with Crippen LogP contribution in [-0.4, -0.2) is 35.8 Å². The molecule has 1 aliphatic rings. The lowest BCUT2D eigenvalue weighted by molar-refractivity contribution is -0.149. The zero-order valence-electron chi connectivity index (χ0n) is 16.1. The van der Waals surface area contributed by atoms with Gasteiger partial charge in [0, 0.05) is 19.2 Å². The number of benzene rings is 2. The number of ether oxygens (including phenoxy) is 1. The van der Waals surface area contributed by atoms with Gasteiger partial charge in [0.25, 0.3) is 5.91 Å². The molecule has 0 saturated carbocycles. The first-order chi connectivity index (χ1) is 13.4. The topological polar surface area (TPSA) is 75.7 Å². The third-order valence-corrected chi connectivity index (χ3v) is 4.88. The SMILES string of the molecule is CC(=O)N1CCc2ccccc2C1CC(=O)OCC(=O)Nc1ccc(C)cc1. The lowest BCUT2D eigenvalue weighted by atomic mass is 9.90. The maximum absolute atomic E-state index is 12.4. The quantitative estimate of drug-likeness (QED) is 0.809. The van der Waals surface area contributed by atoms with Gasteiger partial charge in [-0.1, -0.05) is 42.0 Å². The van der Waals surface area contributed by atoms with Gasteiger partial charge in [-0.15, -0.1) is 0 Å². The summed E-state index contributed by atoms with van der Waals surface area (Å²) in [5.41, 5.74) is 3.84. The Morgan fingerprint density at radius 2 is 1.82 bits per heavy atom. The van der Waals surface area contributed by atoms with Crippen molar-refractivity contribution in [1.82, 2.24) is 4.90 Å². The second kappa shape index (κ2) is 8.69. The molecular formula is C22H24N2O4. The molecule has 1 N–H and O–H groups in total. The minimum Gasteiger partial charge on any atom is -0.455 e. The lowest BCUT2D eigenvalue weighted by Gasteiger charge is -2.36. The molecule has 6 heteroatoms. The van der Waals surface area contributed by atoms with Crippen LogP contribution in [0.3, 0.4) is 0 Å². The van der Waals surface area contributed by atoms with Crippen molar-refractivity contribution in [3.8, 4) is 0 Å². The summed E-state index contributed by atoms with van der Waals surface area (Å²) in [6.45, 7) is 3.67. The van der Waals surface area contributed by atoms with Gasteiger partial charge < -0.3 is 15.0 Å². The Morgan fingerprint density at radius 1 is 1.11 bits per heavy atom. The van der Waals surface area contributed by atoms with Crippen molar-refractivity contribution in [2.75, 3.05) is 18.5 Å². The molecule has 0 aliphatic carbocycles. The zero-order chi connectivity index (χ0) is 20.1. The van der Waals surface area contributed by atoms with Crippen molar-refractivity contribution in [3.63, 3.8) is 0 Å². The summed E-state index contributed by atoms with van der Waals surface area (Å²) < 4.78 is 5.16. The molecule has 0 saturated heterocycles. The molecule has 0 aromatic heterocycles. The van der Waals surface area contributed by atoms with E-state index in [0.717, 1.165) is 23.1 Å². The number of amides is 2. The van der Waals surface area contributed by atoms with Gasteiger partial charge in [-0.05, 0) is 36.6 Å². The molecular weight excluding hydrogens is 356 g/mol. The van der Waals surface area contributed by atoms with Crippen LogP contribution in [0.4, 0.5) is 5.69 Å². The standard InChI is InChI=1S/C22H24N2O4/c1-15-7-9-18(10-8-15)23-21(26)14-28-22(27)13-20-19-6-4-3-5-17(19)11-12-24(20)16(2)25/h3-10,20H,11-14H2,1-2H3,(H,23,26). The monoisotopic (exact) mass is 380 g/mol. The molecule has 2 aromatic carbocycles. The minimum atomic E-state index is -0.507. The van der Waals surface area contributed by atoms with E-state index in [0.29, 0.717) is 12.2 Å². The highest BCUT2D eigenvalue weighted by molar-refractivity contribution is 5.92. The second-order valence-corrected chi connectivity index (χ2v) is 6.96. The van der Waals surface area contributed by atoms with Crippen molar-refractivity contribution in [3.05, 3.63) is 65.2 Å². The summed E-state index contributed by atoms with van der Waals surface area (Å²) in [5, 5.41) is 2.69. The van der Waals surface area contributed by atoms with Crippen LogP contribution in [0, 0.1) is 6.92 Å². The highest BCUT2D eigenvalue weighted by Crippen LogP contribution is 2.32. The maximum Gasteiger partial charge on any atom is 0.308 e. The molecule has 1 unspecified atom stereocenters. The van der Waals surface area contributed by atoms with Gasteiger partial charge in [0.05, 0.1) is 12.5 Å². The molecule has 1 atom stereocenters. The number of anilines is 1. The fraction of sp³-hybridized carbons (Fsp3) is 0.318. The van der Waals surface area contributed by atoms with Crippen molar-refractivity contribution in [2.24, 2.45) is 0 Å². The van der Waals surface area contributed by atoms with Gasteiger partial charge in [0.1, 0.15) is 0 Å². The molecule has 2 aromatic rings. The number of fused-ring (bicyclic) bond motifs is 1. The Morgan fingerprint density at radius 3 is 2.54 bits per heavy atom. The molecule has 0 fully saturated rings. The van der Waals surface area contributed by atoms with Crippen LogP contribution in [0.2, 0.25) is 0 Å². The number of carbonyl (C=O) groups excluding carboxylic acids is 3. The van der Waals surface area contributed by atoms with E-state index < -0.39 is 11.9 Å². The summed E-state index contributed by atoms with van der Waals surface area (Å²) in [4.78, 5) is 38.1. The van der Waals surface area contributed by atoms with E-state index in [1.807, 2.05) is 43.3 Å². The first-order valence-corrected chi connectivity index (χ1v) is 9.31. The van der Waals surface area contributed by atoms with E-state index in [-0.39, 0.29) is 25.0 Å². The molecule has 0 bridgehead atoms. The van der Waals surface area contributed by atoms with E-state index in [1.54, 1.807) is 17.0 Å². The van der Waals surface area contributed by atoms with Gasteiger partial charge in [0.2, 0.25) is 5.91 Å². The summed E-state index contributed by atoms with van der Waals surface area (Å²) in [7, 11) is 0. The van der Waals surface area contributed by atoms with Gasteiger partial charge >= 0.3 is 5.97 Å². The van der Waals surface area contributed by atoms with E-state index in [2.05, 4.69) is 5.32 Å². The number of rotatable bonds is 5. The van der Waals surface area contributed by atoms with E-state index in [9.17, 15) is 14.4 Å². The molecule has 1 heterocycles. The average molecular weight is 380 g/mol. The Labute approximate surface area is 164 Å². The summed E-state index contributed by atoms with van der Waals surface area (Å²) in [6.07, 6.45) is 0.786. The number of hydrogen-bond donors (Lipinski definition) is 1. The van der Waals surface area contributed by atoms with Crippen molar-refractivity contribution in [2.45, 2.75) is 32.7 Å². The molecule has 2 amide bonds. The fourth-order valence-corrected chi connectivity index (χ4v) is 3.45. The van der Waals surface area contributed by atoms with Gasteiger partial charge in [-0.2, -0.15) is 0 Å². The van der Waals surface area contributed by atoms with E-state index in [4.69, 9.17) is 4.74 Å². The van der Waals surface area contributed by atoms with Gasteiger partial charge in [-0.25, -0.2) is 0 Å². The number of carbonyl (C=O) groups is 3. The zero-order valence-corrected chi connectivity index (χ0v) is 16.1. The van der Waals surface area contributed by atoms with E-state index in [1.165, 1.54) is 6.92 Å². The third-order valence-electron chi connectivity index (χ3n) is 4.88. The number of esters is 1. The molecule has 6 nitrogen and oxygen atoms in total. The molecule has 146 valence electrons. The number of nitrogens with one attached hydrogen (secondary N) is 1. The Hall–Kier alpha value is -3.15. The van der Waals surface area contributed by atoms with Crippen LogP contribution in [-0.2, 0) is 25.5 Å². The largest absolute Gasteiger partial charge is 0.455 e. The highest BCUT2D eigenvalue weighted by atomic mass is 16.5. The number of hydrogen-bond acceptors (Lipinski definition) is 4. The molecule has 3 rings (SSSR count). The first kappa shape index (κ1) is 19.6. The molecule has 0 spiro atoms. The number of nitrogens with zero attached hydrogens (tertiary/aromatic N) is 1. The first-order valence-electron chi connectivity index (χ1n) is 9.31. The van der Waals surface area contributed by atoms with Crippen LogP contribution in [0.1, 0.15) is 36.1 Å². The molecule has 1 aliphatic heterocycles. The van der Waals surface area contributed by atoms with Crippen LogP contribution in [0.5, 0.6) is 0 Å². The van der Waals surface area contributed by atoms with Crippen LogP contribution >= 0.6 is 0 Å². The smallest absolute Gasteiger partial charge is 0.308 e. The van der Waals surface area contributed by atoms with Crippen LogP contribution in [0.25, 0.3) is 0 Å². The van der Waals surface area contributed by atoms with Crippen molar-refractivity contribution >= 4 is 23.5 Å². The normalized spacial score (nSPS) is 15.5. The fourth-order valence-electron chi connectivity index (χ4n) is 3.45. The summed E-state index contributed by atoms with van der Waals surface area (Å²) in [6, 6.07) is 14.8. The van der Waals surface area contributed by atoms with Crippen LogP contribution < -0.4 is 5.32 Å². The highest BCUT2D eigenvalue weighted by Gasteiger charge is 2.31. The van der Waals surface area contributed by atoms with Gasteiger partial charge in [0.15, 0.2) is 6.61 Å². The predicted octanol–water partition coefficient (Wildman–Crippen LogP) is 3.01. The summed E-state index contributed by atoms with van der Waals surface area (Å²) >= 11 is 0. The Kier molecular flexibility index (Phi) is 6.09. The second-order valence-electron chi connectivity index (χ2n) is 6.96. The Bertz CT molecular complexity index is 876. The Balaban J connectivity index is 1.59. The predicted molar refractivity (Wildman–Crippen MR) is 106 cm³/mol. The number of aryl methyl sites for hydroxylation is 1. The average Bonchev–Trinajstić information content (AvgIpc) is 2.68. The van der Waals surface area contributed by atoms with Crippen molar-refractivity contribution in [1.29, 1.82) is 0 Å². The lowest BCUT2D eigenvalue weighted by Crippen LogP contribution is -2.40. The molecule has 0 radical (unpaired) electrons.